The molecule has 3 aromatic carbocycles. The first-order valence-corrected chi connectivity index (χ1v) is 13.7. The van der Waals surface area contributed by atoms with Crippen molar-refractivity contribution in [2.75, 3.05) is 11.9 Å². The molecule has 1 heterocycles. The number of nitrogens with one attached hydrogen (secondary N) is 1. The highest BCUT2D eigenvalue weighted by Crippen LogP contribution is 2.36. The van der Waals surface area contributed by atoms with Crippen LogP contribution in [0.1, 0.15) is 40.0 Å². The largest absolute Gasteiger partial charge is 0.508 e. The molecule has 0 saturated heterocycles. The summed E-state index contributed by atoms with van der Waals surface area (Å²) in [4.78, 5) is 30.7. The van der Waals surface area contributed by atoms with Gasteiger partial charge >= 0.3 is 5.97 Å². The Morgan fingerprint density at radius 2 is 1.72 bits per heavy atom. The average Bonchev–Trinajstić information content (AvgIpc) is 2.92. The monoisotopic (exact) mass is 543 g/mol. The van der Waals surface area contributed by atoms with Crippen LogP contribution >= 0.6 is 0 Å². The Hall–Kier alpha value is -4.54. The highest BCUT2D eigenvalue weighted by atomic mass is 32.2. The molecule has 0 fully saturated rings. The fraction of sp³-hybridized carbons (Fsp3) is 0.138. The van der Waals surface area contributed by atoms with Crippen molar-refractivity contribution in [1.82, 2.24) is 4.98 Å². The molecular weight excluding hydrogens is 518 g/mol. The molecule has 1 aliphatic carbocycles. The molecule has 0 aliphatic heterocycles. The number of ether oxygens (including phenoxy) is 1. The number of sulfonamides is 1. The highest BCUT2D eigenvalue weighted by Gasteiger charge is 2.26. The van der Waals surface area contributed by atoms with Crippen LogP contribution in [0.4, 0.5) is 5.69 Å². The second kappa shape index (κ2) is 10.7. The SMILES string of the molecule is NS(=O)(=O)c1ccc(NC(=O)COC(=O)c2c3c(nc4ccccc24)C(=Cc2ccc(O)cc2)CCC3)cc1. The Balaban J connectivity index is 1.40. The van der Waals surface area contributed by atoms with Crippen molar-refractivity contribution in [3.05, 3.63) is 95.2 Å². The van der Waals surface area contributed by atoms with Crippen molar-refractivity contribution >= 4 is 50.1 Å². The van der Waals surface area contributed by atoms with Gasteiger partial charge in [0.05, 0.1) is 21.7 Å². The lowest BCUT2D eigenvalue weighted by Gasteiger charge is -2.22. The van der Waals surface area contributed by atoms with E-state index in [2.05, 4.69) is 5.32 Å². The zero-order valence-electron chi connectivity index (χ0n) is 20.8. The molecule has 39 heavy (non-hydrogen) atoms. The summed E-state index contributed by atoms with van der Waals surface area (Å²) in [7, 11) is -3.85. The van der Waals surface area contributed by atoms with Gasteiger partial charge < -0.3 is 15.2 Å². The maximum atomic E-state index is 13.4. The number of pyridine rings is 1. The van der Waals surface area contributed by atoms with Crippen LogP contribution in [-0.2, 0) is 26.0 Å². The van der Waals surface area contributed by atoms with Gasteiger partial charge in [-0.1, -0.05) is 30.3 Å². The third-order valence-corrected chi connectivity index (χ3v) is 7.34. The van der Waals surface area contributed by atoms with Gasteiger partial charge in [-0.3, -0.25) is 4.79 Å². The maximum Gasteiger partial charge on any atom is 0.339 e. The fourth-order valence-electron chi connectivity index (χ4n) is 4.61. The van der Waals surface area contributed by atoms with E-state index in [1.807, 2.05) is 42.5 Å². The van der Waals surface area contributed by atoms with E-state index in [0.717, 1.165) is 35.2 Å². The second-order valence-electron chi connectivity index (χ2n) is 9.14. The molecule has 10 heteroatoms. The number of fused-ring (bicyclic) bond motifs is 2. The molecule has 1 aromatic heterocycles. The number of phenols is 1. The maximum absolute atomic E-state index is 13.4. The van der Waals surface area contributed by atoms with Crippen molar-refractivity contribution < 1.29 is 27.9 Å². The number of phenolic OH excluding ortho intramolecular Hbond substituents is 1. The molecule has 0 bridgehead atoms. The molecule has 4 N–H and O–H groups in total. The Kier molecular flexibility index (Phi) is 7.14. The minimum absolute atomic E-state index is 0.0832. The van der Waals surface area contributed by atoms with Gasteiger partial charge in [-0.05, 0) is 84.5 Å². The zero-order valence-corrected chi connectivity index (χ0v) is 21.6. The normalized spacial score (nSPS) is 14.1. The summed E-state index contributed by atoms with van der Waals surface area (Å²) in [5.74, 6) is -1.03. The molecule has 4 aromatic rings. The van der Waals surface area contributed by atoms with E-state index in [9.17, 15) is 23.1 Å². The van der Waals surface area contributed by atoms with Crippen molar-refractivity contribution in [2.24, 2.45) is 5.14 Å². The lowest BCUT2D eigenvalue weighted by molar-refractivity contribution is -0.119. The van der Waals surface area contributed by atoms with E-state index >= 15 is 0 Å². The van der Waals surface area contributed by atoms with Crippen LogP contribution in [0.2, 0.25) is 0 Å². The number of carbonyl (C=O) groups is 2. The minimum Gasteiger partial charge on any atom is -0.508 e. The number of benzene rings is 3. The van der Waals surface area contributed by atoms with Crippen molar-refractivity contribution in [1.29, 1.82) is 0 Å². The number of carbonyl (C=O) groups excluding carboxylic acids is 2. The van der Waals surface area contributed by atoms with Gasteiger partial charge in [-0.15, -0.1) is 0 Å². The van der Waals surface area contributed by atoms with Crippen molar-refractivity contribution in [2.45, 2.75) is 24.2 Å². The molecule has 0 atom stereocenters. The van der Waals surface area contributed by atoms with Gasteiger partial charge in [0.15, 0.2) is 6.61 Å². The summed E-state index contributed by atoms with van der Waals surface area (Å²) >= 11 is 0. The summed E-state index contributed by atoms with van der Waals surface area (Å²) in [5.41, 5.74) is 4.73. The predicted molar refractivity (Wildman–Crippen MR) is 147 cm³/mol. The van der Waals surface area contributed by atoms with Crippen LogP contribution in [-0.4, -0.2) is 37.0 Å². The van der Waals surface area contributed by atoms with Crippen molar-refractivity contribution in [3.63, 3.8) is 0 Å². The lowest BCUT2D eigenvalue weighted by atomic mass is 9.86. The van der Waals surface area contributed by atoms with Gasteiger partial charge in [0.1, 0.15) is 5.75 Å². The lowest BCUT2D eigenvalue weighted by Crippen LogP contribution is -2.22. The molecule has 0 unspecified atom stereocenters. The third kappa shape index (κ3) is 5.82. The first-order valence-electron chi connectivity index (χ1n) is 12.2. The third-order valence-electron chi connectivity index (χ3n) is 6.41. The topological polar surface area (TPSA) is 149 Å². The number of amides is 1. The smallest absolute Gasteiger partial charge is 0.339 e. The molecular formula is C29H25N3O6S. The summed E-state index contributed by atoms with van der Waals surface area (Å²) in [6.45, 7) is -0.530. The highest BCUT2D eigenvalue weighted by molar-refractivity contribution is 7.89. The Labute approximate surface area is 225 Å². The minimum atomic E-state index is -3.85. The summed E-state index contributed by atoms with van der Waals surface area (Å²) in [6.07, 6.45) is 4.22. The van der Waals surface area contributed by atoms with E-state index in [4.69, 9.17) is 14.9 Å². The zero-order chi connectivity index (χ0) is 27.6. The molecule has 0 spiro atoms. The van der Waals surface area contributed by atoms with Crippen LogP contribution in [0.25, 0.3) is 22.6 Å². The number of hydrogen-bond donors (Lipinski definition) is 3. The summed E-state index contributed by atoms with van der Waals surface area (Å²) in [5, 5.41) is 17.9. The van der Waals surface area contributed by atoms with E-state index in [1.165, 1.54) is 24.3 Å². The van der Waals surface area contributed by atoms with Gasteiger partial charge in [-0.25, -0.2) is 23.3 Å². The number of aromatic nitrogens is 1. The van der Waals surface area contributed by atoms with E-state index < -0.39 is 28.5 Å². The number of esters is 1. The standard InChI is InChI=1S/C29H25N3O6S/c30-39(36,37)22-14-10-20(11-15-22)31-26(34)17-38-29(35)27-23-5-1-2-7-25(23)32-28-19(4-3-6-24(27)28)16-18-8-12-21(33)13-9-18/h1-2,5,7-16,33H,3-4,6,17H2,(H,31,34)(H2,30,36,37). The van der Waals surface area contributed by atoms with Gasteiger partial charge in [0.25, 0.3) is 5.91 Å². The molecule has 1 amide bonds. The van der Waals surface area contributed by atoms with E-state index in [0.29, 0.717) is 28.6 Å². The number of primary sulfonamides is 1. The first kappa shape index (κ1) is 26.1. The Morgan fingerprint density at radius 1 is 1.00 bits per heavy atom. The molecule has 0 radical (unpaired) electrons. The second-order valence-corrected chi connectivity index (χ2v) is 10.7. The number of hydrogen-bond acceptors (Lipinski definition) is 7. The van der Waals surface area contributed by atoms with Gasteiger partial charge in [0.2, 0.25) is 10.0 Å². The average molecular weight is 544 g/mol. The molecule has 9 nitrogen and oxygen atoms in total. The molecule has 0 saturated carbocycles. The Morgan fingerprint density at radius 3 is 2.44 bits per heavy atom. The number of anilines is 1. The quantitative estimate of drug-likeness (QED) is 0.308. The summed E-state index contributed by atoms with van der Waals surface area (Å²) in [6, 6.07) is 19.5. The van der Waals surface area contributed by atoms with Crippen LogP contribution in [0.15, 0.2) is 77.7 Å². The Bertz CT molecular complexity index is 1710. The number of nitrogens with two attached hydrogens (primary N) is 1. The van der Waals surface area contributed by atoms with Gasteiger partial charge in [0, 0.05) is 11.1 Å². The summed E-state index contributed by atoms with van der Waals surface area (Å²) < 4.78 is 28.3. The predicted octanol–water partition coefficient (Wildman–Crippen LogP) is 4.26. The van der Waals surface area contributed by atoms with E-state index in [-0.39, 0.29) is 10.6 Å². The van der Waals surface area contributed by atoms with Crippen LogP contribution in [0.5, 0.6) is 5.75 Å². The van der Waals surface area contributed by atoms with Crippen LogP contribution in [0.3, 0.4) is 0 Å². The van der Waals surface area contributed by atoms with E-state index in [1.54, 1.807) is 12.1 Å². The molecule has 5 rings (SSSR count). The van der Waals surface area contributed by atoms with Crippen molar-refractivity contribution in [3.8, 4) is 5.75 Å². The number of allylic oxidation sites excluding steroid dienone is 1. The number of rotatable bonds is 6. The number of para-hydroxylation sites is 1. The van der Waals surface area contributed by atoms with Crippen LogP contribution < -0.4 is 10.5 Å². The fourth-order valence-corrected chi connectivity index (χ4v) is 5.12. The van der Waals surface area contributed by atoms with Gasteiger partial charge in [-0.2, -0.15) is 0 Å². The van der Waals surface area contributed by atoms with Crippen LogP contribution in [0, 0.1) is 0 Å². The molecule has 198 valence electrons. The molecule has 1 aliphatic rings. The number of aromatic hydroxyl groups is 1. The number of nitrogens with zero attached hydrogens (tertiary/aromatic N) is 1. The first-order chi connectivity index (χ1) is 18.7.